The van der Waals surface area contributed by atoms with Gasteiger partial charge in [-0.15, -0.1) is 0 Å². The summed E-state index contributed by atoms with van der Waals surface area (Å²) in [5, 5.41) is 4.44. The molecule has 0 aliphatic carbocycles. The van der Waals surface area contributed by atoms with E-state index in [4.69, 9.17) is 12.2 Å². The molecule has 0 bridgehead atoms. The molecule has 2 nitrogen and oxygen atoms in total. The largest absolute Gasteiger partial charge is 0.380 e. The van der Waals surface area contributed by atoms with Gasteiger partial charge in [-0.1, -0.05) is 54.7 Å². The Morgan fingerprint density at radius 3 is 2.50 bits per heavy atom. The van der Waals surface area contributed by atoms with E-state index < -0.39 is 0 Å². The molecular formula is C17H14N2S. The molecule has 0 aliphatic heterocycles. The van der Waals surface area contributed by atoms with Crippen LogP contribution in [0.1, 0.15) is 5.69 Å². The van der Waals surface area contributed by atoms with Gasteiger partial charge in [0.15, 0.2) is 0 Å². The summed E-state index contributed by atoms with van der Waals surface area (Å²) in [4.78, 5) is 5.43. The van der Waals surface area contributed by atoms with Crippen LogP contribution in [0.25, 0.3) is 10.9 Å². The van der Waals surface area contributed by atoms with E-state index in [0.717, 1.165) is 27.1 Å². The Kier molecular flexibility index (Phi) is 3.70. The van der Waals surface area contributed by atoms with Gasteiger partial charge >= 0.3 is 0 Å². The van der Waals surface area contributed by atoms with Gasteiger partial charge in [0.1, 0.15) is 0 Å². The number of nitrogens with one attached hydrogen (secondary N) is 1. The minimum absolute atomic E-state index is 0.616. The van der Waals surface area contributed by atoms with Crippen molar-refractivity contribution in [1.29, 1.82) is 0 Å². The molecule has 2 aromatic carbocycles. The minimum Gasteiger partial charge on any atom is -0.380 e. The van der Waals surface area contributed by atoms with Gasteiger partial charge in [-0.3, -0.25) is 0 Å². The third kappa shape index (κ3) is 2.83. The molecule has 0 saturated carbocycles. The fourth-order valence-corrected chi connectivity index (χ4v) is 2.24. The Morgan fingerprint density at radius 2 is 1.65 bits per heavy atom. The molecule has 98 valence electrons. The van der Waals surface area contributed by atoms with Gasteiger partial charge in [0.05, 0.1) is 22.6 Å². The number of thiocarbonyl (C=S) groups is 1. The molecule has 0 spiro atoms. The number of hydrogen-bond acceptors (Lipinski definition) is 3. The average Bonchev–Trinajstić information content (AvgIpc) is 2.53. The molecule has 3 aromatic rings. The van der Waals surface area contributed by atoms with Crippen molar-refractivity contribution in [2.45, 2.75) is 0 Å². The first-order chi connectivity index (χ1) is 9.83. The van der Waals surface area contributed by atoms with E-state index in [-0.39, 0.29) is 0 Å². The first-order valence-electron chi connectivity index (χ1n) is 6.51. The highest BCUT2D eigenvalue weighted by atomic mass is 32.1. The molecule has 20 heavy (non-hydrogen) atoms. The van der Waals surface area contributed by atoms with Crippen molar-refractivity contribution < 1.29 is 0 Å². The fourth-order valence-electron chi connectivity index (χ4n) is 2.05. The Balaban J connectivity index is 1.75. The lowest BCUT2D eigenvalue weighted by atomic mass is 10.2. The van der Waals surface area contributed by atoms with Crippen LogP contribution < -0.4 is 5.32 Å². The number of aromatic nitrogens is 1. The molecule has 3 rings (SSSR count). The van der Waals surface area contributed by atoms with Gasteiger partial charge in [-0.05, 0) is 24.3 Å². The lowest BCUT2D eigenvalue weighted by molar-refractivity contribution is 1.33. The van der Waals surface area contributed by atoms with Crippen LogP contribution in [0.15, 0.2) is 66.7 Å². The number of anilines is 1. The molecule has 1 heterocycles. The maximum Gasteiger partial charge on any atom is 0.0795 e. The van der Waals surface area contributed by atoms with Gasteiger partial charge < -0.3 is 5.32 Å². The minimum atomic E-state index is 0.616. The van der Waals surface area contributed by atoms with E-state index in [2.05, 4.69) is 22.4 Å². The number of nitrogens with zero attached hydrogens (tertiary/aromatic N) is 1. The van der Waals surface area contributed by atoms with Crippen molar-refractivity contribution in [3.63, 3.8) is 0 Å². The summed E-state index contributed by atoms with van der Waals surface area (Å²) in [6, 6.07) is 22.1. The summed E-state index contributed by atoms with van der Waals surface area (Å²) in [5.74, 6) is 0. The number of fused-ring (bicyclic) bond motifs is 1. The van der Waals surface area contributed by atoms with Crippen molar-refractivity contribution in [1.82, 2.24) is 4.98 Å². The summed E-state index contributed by atoms with van der Waals surface area (Å²) in [6.07, 6.45) is 0. The van der Waals surface area contributed by atoms with Crippen LogP contribution in [0, 0.1) is 0 Å². The van der Waals surface area contributed by atoms with Crippen molar-refractivity contribution in [3.05, 3.63) is 72.4 Å². The van der Waals surface area contributed by atoms with E-state index in [1.165, 1.54) is 0 Å². The maximum absolute atomic E-state index is 5.46. The standard InChI is InChI=1S/C17H14N2S/c20-17(12-18-14-7-2-1-3-8-14)16-11-10-13-6-4-5-9-15(13)19-16/h1-11,18H,12H2. The van der Waals surface area contributed by atoms with Crippen LogP contribution in [0.2, 0.25) is 0 Å². The fraction of sp³-hybridized carbons (Fsp3) is 0.0588. The molecule has 0 radical (unpaired) electrons. The predicted molar refractivity (Wildman–Crippen MR) is 88.4 cm³/mol. The van der Waals surface area contributed by atoms with Gasteiger partial charge in [-0.2, -0.15) is 0 Å². The first-order valence-corrected chi connectivity index (χ1v) is 6.92. The van der Waals surface area contributed by atoms with Gasteiger partial charge in [0.25, 0.3) is 0 Å². The van der Waals surface area contributed by atoms with Crippen molar-refractivity contribution >= 4 is 33.7 Å². The maximum atomic E-state index is 5.46. The zero-order chi connectivity index (χ0) is 13.8. The monoisotopic (exact) mass is 278 g/mol. The molecule has 1 aromatic heterocycles. The van der Waals surface area contributed by atoms with Crippen LogP contribution in [-0.4, -0.2) is 16.4 Å². The second-order valence-corrected chi connectivity index (χ2v) is 5.02. The lowest BCUT2D eigenvalue weighted by Crippen LogP contribution is -2.14. The summed E-state index contributed by atoms with van der Waals surface area (Å²) < 4.78 is 0. The van der Waals surface area contributed by atoms with Gasteiger partial charge in [-0.25, -0.2) is 4.98 Å². The second-order valence-electron chi connectivity index (χ2n) is 4.53. The lowest BCUT2D eigenvalue weighted by Gasteiger charge is -2.08. The quantitative estimate of drug-likeness (QED) is 0.575. The van der Waals surface area contributed by atoms with E-state index in [1.807, 2.05) is 54.6 Å². The third-order valence-electron chi connectivity index (χ3n) is 3.11. The van der Waals surface area contributed by atoms with Crippen LogP contribution in [0.5, 0.6) is 0 Å². The van der Waals surface area contributed by atoms with E-state index in [0.29, 0.717) is 6.54 Å². The average molecular weight is 278 g/mol. The van der Waals surface area contributed by atoms with Crippen molar-refractivity contribution in [2.75, 3.05) is 11.9 Å². The molecule has 3 heteroatoms. The zero-order valence-corrected chi connectivity index (χ0v) is 11.7. The Bertz CT molecular complexity index is 738. The van der Waals surface area contributed by atoms with E-state index in [1.54, 1.807) is 0 Å². The number of hydrogen-bond donors (Lipinski definition) is 1. The Hall–Kier alpha value is -2.26. The van der Waals surface area contributed by atoms with Crippen molar-refractivity contribution in [3.8, 4) is 0 Å². The number of benzene rings is 2. The normalized spacial score (nSPS) is 10.4. The summed E-state index contributed by atoms with van der Waals surface area (Å²) in [6.45, 7) is 0.616. The molecule has 0 atom stereocenters. The van der Waals surface area contributed by atoms with Gasteiger partial charge in [0, 0.05) is 11.1 Å². The summed E-state index contributed by atoms with van der Waals surface area (Å²) >= 11 is 5.46. The second kappa shape index (κ2) is 5.80. The molecule has 0 amide bonds. The summed E-state index contributed by atoms with van der Waals surface area (Å²) in [7, 11) is 0. The SMILES string of the molecule is S=C(CNc1ccccc1)c1ccc2ccccc2n1. The zero-order valence-electron chi connectivity index (χ0n) is 10.9. The van der Waals surface area contributed by atoms with Crippen LogP contribution >= 0.6 is 12.2 Å². The molecule has 0 unspecified atom stereocenters. The number of para-hydroxylation sites is 2. The van der Waals surface area contributed by atoms with E-state index in [9.17, 15) is 0 Å². The highest BCUT2D eigenvalue weighted by Gasteiger charge is 2.04. The number of rotatable bonds is 4. The van der Waals surface area contributed by atoms with Crippen LogP contribution in [0.4, 0.5) is 5.69 Å². The summed E-state index contributed by atoms with van der Waals surface area (Å²) in [5.41, 5.74) is 2.91. The molecule has 0 fully saturated rings. The predicted octanol–water partition coefficient (Wildman–Crippen LogP) is 4.06. The van der Waals surface area contributed by atoms with Crippen molar-refractivity contribution in [2.24, 2.45) is 0 Å². The van der Waals surface area contributed by atoms with Gasteiger partial charge in [0.2, 0.25) is 0 Å². The molecular weight excluding hydrogens is 264 g/mol. The Morgan fingerprint density at radius 1 is 0.900 bits per heavy atom. The van der Waals surface area contributed by atoms with Crippen LogP contribution in [-0.2, 0) is 0 Å². The third-order valence-corrected chi connectivity index (χ3v) is 3.46. The highest BCUT2D eigenvalue weighted by Crippen LogP contribution is 2.13. The molecule has 0 aliphatic rings. The Labute approximate surface area is 123 Å². The smallest absolute Gasteiger partial charge is 0.0795 e. The van der Waals surface area contributed by atoms with E-state index >= 15 is 0 Å². The number of pyridine rings is 1. The first kappa shape index (κ1) is 12.8. The molecule has 1 N–H and O–H groups in total. The highest BCUT2D eigenvalue weighted by molar-refractivity contribution is 7.80. The molecule has 0 saturated heterocycles. The topological polar surface area (TPSA) is 24.9 Å². The van der Waals surface area contributed by atoms with Crippen LogP contribution in [0.3, 0.4) is 0 Å².